The lowest BCUT2D eigenvalue weighted by atomic mass is 10.3. The van der Waals surface area contributed by atoms with Crippen molar-refractivity contribution in [3.8, 4) is 0 Å². The highest BCUT2D eigenvalue weighted by atomic mass is 16.6. The van der Waals surface area contributed by atoms with Gasteiger partial charge < -0.3 is 19.2 Å². The molecule has 2 heterocycles. The number of hydrogen-bond acceptors (Lipinski definition) is 4. The third-order valence-corrected chi connectivity index (χ3v) is 2.17. The van der Waals surface area contributed by atoms with Crippen molar-refractivity contribution in [2.75, 3.05) is 26.4 Å². The summed E-state index contributed by atoms with van der Waals surface area (Å²) in [6.45, 7) is 3.76. The van der Waals surface area contributed by atoms with Gasteiger partial charge in [0.25, 0.3) is 0 Å². The smallest absolute Gasteiger partial charge is 0.0947 e. The Labute approximate surface area is 83.2 Å². The summed E-state index contributed by atoms with van der Waals surface area (Å²) in [6.07, 6.45) is 3.61. The van der Waals surface area contributed by atoms with Crippen molar-refractivity contribution >= 4 is 0 Å². The van der Waals surface area contributed by atoms with Crippen LogP contribution in [0.1, 0.15) is 5.56 Å². The predicted molar refractivity (Wildman–Crippen MR) is 51.0 cm³/mol. The minimum Gasteiger partial charge on any atom is -0.472 e. The van der Waals surface area contributed by atoms with Crippen molar-refractivity contribution in [2.24, 2.45) is 0 Å². The van der Waals surface area contributed by atoms with E-state index in [0.717, 1.165) is 25.3 Å². The van der Waals surface area contributed by atoms with Crippen molar-refractivity contribution < 1.29 is 13.9 Å². The molecule has 0 radical (unpaired) electrons. The van der Waals surface area contributed by atoms with Gasteiger partial charge in [-0.05, 0) is 6.07 Å². The lowest BCUT2D eigenvalue weighted by Gasteiger charge is -2.22. The van der Waals surface area contributed by atoms with E-state index in [0.29, 0.717) is 13.2 Å². The molecule has 1 aliphatic heterocycles. The lowest BCUT2D eigenvalue weighted by Crippen LogP contribution is -2.37. The van der Waals surface area contributed by atoms with Gasteiger partial charge in [-0.1, -0.05) is 0 Å². The highest BCUT2D eigenvalue weighted by molar-refractivity contribution is 5.04. The van der Waals surface area contributed by atoms with Gasteiger partial charge in [-0.15, -0.1) is 0 Å². The maximum Gasteiger partial charge on any atom is 0.0947 e. The highest BCUT2D eigenvalue weighted by Gasteiger charge is 2.13. The van der Waals surface area contributed by atoms with Crippen LogP contribution in [0.2, 0.25) is 0 Å². The Bertz CT molecular complexity index is 242. The largest absolute Gasteiger partial charge is 0.472 e. The van der Waals surface area contributed by atoms with E-state index in [4.69, 9.17) is 13.9 Å². The molecule has 1 aromatic rings. The first-order valence-electron chi connectivity index (χ1n) is 4.86. The molecule has 1 unspecified atom stereocenters. The van der Waals surface area contributed by atoms with E-state index < -0.39 is 0 Å². The summed E-state index contributed by atoms with van der Waals surface area (Å²) in [6, 6.07) is 1.95. The van der Waals surface area contributed by atoms with Crippen LogP contribution >= 0.6 is 0 Å². The molecular formula is C10H15NO3. The summed E-state index contributed by atoms with van der Waals surface area (Å²) in [5.41, 5.74) is 1.15. The summed E-state index contributed by atoms with van der Waals surface area (Å²) in [7, 11) is 0. The zero-order valence-electron chi connectivity index (χ0n) is 8.07. The van der Waals surface area contributed by atoms with Crippen LogP contribution in [0.5, 0.6) is 0 Å². The fraction of sp³-hybridized carbons (Fsp3) is 0.600. The molecule has 1 N–H and O–H groups in total. The molecule has 4 heteroatoms. The number of nitrogens with one attached hydrogen (secondary N) is 1. The minimum atomic E-state index is 0.190. The molecule has 1 aromatic heterocycles. The Hall–Kier alpha value is -0.840. The van der Waals surface area contributed by atoms with Gasteiger partial charge in [0.05, 0.1) is 38.5 Å². The molecule has 1 saturated heterocycles. The summed E-state index contributed by atoms with van der Waals surface area (Å²) in [5, 5.41) is 3.29. The van der Waals surface area contributed by atoms with E-state index in [9.17, 15) is 0 Å². The van der Waals surface area contributed by atoms with E-state index in [1.165, 1.54) is 0 Å². The molecule has 0 spiro atoms. The molecule has 0 bridgehead atoms. The molecule has 1 aliphatic rings. The number of rotatable bonds is 4. The standard InChI is InChI=1S/C10H15NO3/c1-2-12-7-9(1)5-11-6-10-8-13-3-4-14-10/h1-2,7,10-11H,3-6,8H2. The van der Waals surface area contributed by atoms with Gasteiger partial charge in [-0.25, -0.2) is 0 Å². The average Bonchev–Trinajstić information content (AvgIpc) is 2.72. The Morgan fingerprint density at radius 3 is 3.14 bits per heavy atom. The first-order valence-corrected chi connectivity index (χ1v) is 4.86. The third kappa shape index (κ3) is 2.83. The van der Waals surface area contributed by atoms with E-state index in [-0.39, 0.29) is 6.10 Å². The average molecular weight is 197 g/mol. The summed E-state index contributed by atoms with van der Waals surface area (Å²) in [4.78, 5) is 0. The fourth-order valence-corrected chi connectivity index (χ4v) is 1.43. The van der Waals surface area contributed by atoms with Crippen LogP contribution in [-0.4, -0.2) is 32.5 Å². The van der Waals surface area contributed by atoms with E-state index in [1.54, 1.807) is 12.5 Å². The van der Waals surface area contributed by atoms with Crippen molar-refractivity contribution in [3.05, 3.63) is 24.2 Å². The molecule has 1 fully saturated rings. The van der Waals surface area contributed by atoms with Gasteiger partial charge >= 0.3 is 0 Å². The normalized spacial score (nSPS) is 22.4. The molecule has 0 amide bonds. The SMILES string of the molecule is c1cc(CNCC2COCCO2)co1. The molecule has 0 aliphatic carbocycles. The Balaban J connectivity index is 1.62. The third-order valence-electron chi connectivity index (χ3n) is 2.17. The molecule has 1 atom stereocenters. The van der Waals surface area contributed by atoms with Gasteiger partial charge in [0.1, 0.15) is 0 Å². The van der Waals surface area contributed by atoms with Crippen molar-refractivity contribution in [1.29, 1.82) is 0 Å². The number of furan rings is 1. The summed E-state index contributed by atoms with van der Waals surface area (Å²) >= 11 is 0. The van der Waals surface area contributed by atoms with Crippen molar-refractivity contribution in [1.82, 2.24) is 5.32 Å². The van der Waals surface area contributed by atoms with E-state index >= 15 is 0 Å². The Kier molecular flexibility index (Phi) is 3.57. The van der Waals surface area contributed by atoms with E-state index in [2.05, 4.69) is 5.32 Å². The van der Waals surface area contributed by atoms with Crippen LogP contribution in [-0.2, 0) is 16.0 Å². The van der Waals surface area contributed by atoms with Crippen LogP contribution in [0.25, 0.3) is 0 Å². The van der Waals surface area contributed by atoms with Crippen LogP contribution in [0.4, 0.5) is 0 Å². The Morgan fingerprint density at radius 1 is 1.43 bits per heavy atom. The van der Waals surface area contributed by atoms with Crippen LogP contribution in [0, 0.1) is 0 Å². The second-order valence-corrected chi connectivity index (χ2v) is 3.33. The highest BCUT2D eigenvalue weighted by Crippen LogP contribution is 2.01. The van der Waals surface area contributed by atoms with Gasteiger partial charge in [-0.2, -0.15) is 0 Å². The molecular weight excluding hydrogens is 182 g/mol. The zero-order chi connectivity index (χ0) is 9.64. The number of ether oxygens (including phenoxy) is 2. The summed E-state index contributed by atoms with van der Waals surface area (Å²) < 4.78 is 15.7. The second-order valence-electron chi connectivity index (χ2n) is 3.33. The van der Waals surface area contributed by atoms with Gasteiger partial charge in [0, 0.05) is 18.7 Å². The molecule has 14 heavy (non-hydrogen) atoms. The quantitative estimate of drug-likeness (QED) is 0.774. The summed E-state index contributed by atoms with van der Waals surface area (Å²) in [5.74, 6) is 0. The maximum atomic E-state index is 5.49. The zero-order valence-corrected chi connectivity index (χ0v) is 8.07. The molecule has 4 nitrogen and oxygen atoms in total. The molecule has 78 valence electrons. The number of hydrogen-bond donors (Lipinski definition) is 1. The minimum absolute atomic E-state index is 0.190. The van der Waals surface area contributed by atoms with E-state index in [1.807, 2.05) is 6.07 Å². The molecule has 2 rings (SSSR count). The van der Waals surface area contributed by atoms with Crippen LogP contribution < -0.4 is 5.32 Å². The van der Waals surface area contributed by atoms with Gasteiger partial charge in [0.15, 0.2) is 0 Å². The lowest BCUT2D eigenvalue weighted by molar-refractivity contribution is -0.0864. The maximum absolute atomic E-state index is 5.49. The Morgan fingerprint density at radius 2 is 2.43 bits per heavy atom. The first kappa shape index (κ1) is 9.71. The van der Waals surface area contributed by atoms with Crippen LogP contribution in [0.15, 0.2) is 23.0 Å². The van der Waals surface area contributed by atoms with Crippen LogP contribution in [0.3, 0.4) is 0 Å². The fourth-order valence-electron chi connectivity index (χ4n) is 1.43. The van der Waals surface area contributed by atoms with Crippen molar-refractivity contribution in [2.45, 2.75) is 12.6 Å². The second kappa shape index (κ2) is 5.14. The van der Waals surface area contributed by atoms with Crippen molar-refractivity contribution in [3.63, 3.8) is 0 Å². The topological polar surface area (TPSA) is 43.6 Å². The molecule has 0 saturated carbocycles. The van der Waals surface area contributed by atoms with Gasteiger partial charge in [-0.3, -0.25) is 0 Å². The first-order chi connectivity index (χ1) is 6.95. The molecule has 0 aromatic carbocycles. The monoisotopic (exact) mass is 197 g/mol. The van der Waals surface area contributed by atoms with Gasteiger partial charge in [0.2, 0.25) is 0 Å². The predicted octanol–water partition coefficient (Wildman–Crippen LogP) is 0.785.